The van der Waals surface area contributed by atoms with E-state index in [0.717, 1.165) is 24.5 Å². The zero-order valence-electron chi connectivity index (χ0n) is 13.0. The van der Waals surface area contributed by atoms with Gasteiger partial charge in [-0.2, -0.15) is 16.9 Å². The fourth-order valence-corrected chi connectivity index (χ4v) is 3.52. The lowest BCUT2D eigenvalue weighted by Gasteiger charge is -2.13. The first-order valence-corrected chi connectivity index (χ1v) is 8.74. The Morgan fingerprint density at radius 2 is 1.95 bits per heavy atom. The van der Waals surface area contributed by atoms with E-state index >= 15 is 0 Å². The first-order valence-electron chi connectivity index (χ1n) is 7.52. The van der Waals surface area contributed by atoms with Crippen molar-refractivity contribution in [1.29, 1.82) is 0 Å². The molecule has 1 aromatic carbocycles. The van der Waals surface area contributed by atoms with E-state index in [1.165, 1.54) is 24.1 Å². The van der Waals surface area contributed by atoms with E-state index in [1.807, 2.05) is 22.5 Å². The van der Waals surface area contributed by atoms with Crippen molar-refractivity contribution in [3.05, 3.63) is 47.3 Å². The van der Waals surface area contributed by atoms with Crippen LogP contribution in [0.15, 0.2) is 30.3 Å². The zero-order chi connectivity index (χ0) is 14.9. The number of para-hydroxylation sites is 1. The predicted octanol–water partition coefficient (Wildman–Crippen LogP) is 3.47. The quantitative estimate of drug-likeness (QED) is 0.886. The van der Waals surface area contributed by atoms with Crippen LogP contribution in [-0.2, 0) is 6.54 Å². The minimum absolute atomic E-state index is 0.511. The topological polar surface area (TPSA) is 29.9 Å². The van der Waals surface area contributed by atoms with Gasteiger partial charge in [-0.1, -0.05) is 18.2 Å². The van der Waals surface area contributed by atoms with Crippen molar-refractivity contribution >= 4 is 11.8 Å². The molecule has 0 aliphatic heterocycles. The van der Waals surface area contributed by atoms with E-state index in [1.54, 1.807) is 0 Å². The Hall–Kier alpha value is -1.26. The summed E-state index contributed by atoms with van der Waals surface area (Å²) in [6, 6.07) is 10.3. The third-order valence-corrected chi connectivity index (χ3v) is 5.85. The molecule has 4 heteroatoms. The van der Waals surface area contributed by atoms with Gasteiger partial charge in [0, 0.05) is 29.1 Å². The predicted molar refractivity (Wildman–Crippen MR) is 90.2 cm³/mol. The van der Waals surface area contributed by atoms with Crippen LogP contribution in [-0.4, -0.2) is 27.3 Å². The molecular formula is C17H23N3S. The molecule has 0 bridgehead atoms. The fourth-order valence-electron chi connectivity index (χ4n) is 2.76. The highest BCUT2D eigenvalue weighted by Crippen LogP contribution is 2.46. The SMILES string of the molecule is CSC1(CNCc2c(C)nn(-c3ccccc3)c2C)CC1. The van der Waals surface area contributed by atoms with Gasteiger partial charge in [0.15, 0.2) is 0 Å². The Morgan fingerprint density at radius 3 is 2.57 bits per heavy atom. The van der Waals surface area contributed by atoms with Crippen LogP contribution >= 0.6 is 11.8 Å². The van der Waals surface area contributed by atoms with E-state index in [2.05, 4.69) is 49.7 Å². The van der Waals surface area contributed by atoms with Gasteiger partial charge in [0.05, 0.1) is 11.4 Å². The van der Waals surface area contributed by atoms with Crippen LogP contribution in [0.25, 0.3) is 5.69 Å². The summed E-state index contributed by atoms with van der Waals surface area (Å²) in [6.07, 6.45) is 4.92. The van der Waals surface area contributed by atoms with Crippen molar-refractivity contribution in [1.82, 2.24) is 15.1 Å². The number of aryl methyl sites for hydroxylation is 1. The molecular weight excluding hydrogens is 278 g/mol. The van der Waals surface area contributed by atoms with Crippen molar-refractivity contribution in [2.75, 3.05) is 12.8 Å². The molecule has 1 N–H and O–H groups in total. The number of hydrogen-bond donors (Lipinski definition) is 1. The van der Waals surface area contributed by atoms with Crippen molar-refractivity contribution < 1.29 is 0 Å². The third kappa shape index (κ3) is 3.01. The van der Waals surface area contributed by atoms with Crippen molar-refractivity contribution in [2.45, 2.75) is 38.0 Å². The maximum Gasteiger partial charge on any atom is 0.0648 e. The van der Waals surface area contributed by atoms with Crippen LogP contribution < -0.4 is 5.32 Å². The van der Waals surface area contributed by atoms with Gasteiger partial charge in [-0.05, 0) is 45.1 Å². The van der Waals surface area contributed by atoms with Gasteiger partial charge in [-0.3, -0.25) is 0 Å². The Kier molecular flexibility index (Phi) is 4.09. The molecule has 3 nitrogen and oxygen atoms in total. The highest BCUT2D eigenvalue weighted by molar-refractivity contribution is 8.00. The van der Waals surface area contributed by atoms with E-state index in [9.17, 15) is 0 Å². The summed E-state index contributed by atoms with van der Waals surface area (Å²) in [7, 11) is 0. The lowest BCUT2D eigenvalue weighted by atomic mass is 10.2. The Morgan fingerprint density at radius 1 is 1.24 bits per heavy atom. The smallest absolute Gasteiger partial charge is 0.0648 e. The average molecular weight is 301 g/mol. The van der Waals surface area contributed by atoms with Gasteiger partial charge in [-0.15, -0.1) is 0 Å². The molecule has 0 atom stereocenters. The van der Waals surface area contributed by atoms with E-state index in [0.29, 0.717) is 4.75 Å². The monoisotopic (exact) mass is 301 g/mol. The minimum atomic E-state index is 0.511. The van der Waals surface area contributed by atoms with Crippen LogP contribution in [0.1, 0.15) is 29.8 Å². The Labute approximate surface area is 131 Å². The summed E-state index contributed by atoms with van der Waals surface area (Å²) < 4.78 is 2.56. The molecule has 0 amide bonds. The standard InChI is InChI=1S/C17H23N3S/c1-13-16(11-18-12-17(21-3)9-10-17)14(2)20(19-13)15-7-5-4-6-8-15/h4-8,18H,9-12H2,1-3H3. The molecule has 1 aliphatic rings. The van der Waals surface area contributed by atoms with Crippen LogP contribution in [0, 0.1) is 13.8 Å². The van der Waals surface area contributed by atoms with Crippen molar-refractivity contribution in [3.8, 4) is 5.69 Å². The summed E-state index contributed by atoms with van der Waals surface area (Å²) in [5.74, 6) is 0. The summed E-state index contributed by atoms with van der Waals surface area (Å²) in [6.45, 7) is 6.27. The summed E-state index contributed by atoms with van der Waals surface area (Å²) in [5, 5.41) is 8.33. The number of nitrogens with one attached hydrogen (secondary N) is 1. The van der Waals surface area contributed by atoms with Gasteiger partial charge < -0.3 is 5.32 Å². The molecule has 1 saturated carbocycles. The Balaban J connectivity index is 1.73. The fraction of sp³-hybridized carbons (Fsp3) is 0.471. The van der Waals surface area contributed by atoms with Crippen LogP contribution in [0.3, 0.4) is 0 Å². The van der Waals surface area contributed by atoms with Crippen molar-refractivity contribution in [2.24, 2.45) is 0 Å². The normalized spacial score (nSPS) is 16.1. The minimum Gasteiger partial charge on any atom is -0.311 e. The molecule has 3 rings (SSSR count). The molecule has 21 heavy (non-hydrogen) atoms. The molecule has 0 saturated heterocycles. The number of hydrogen-bond acceptors (Lipinski definition) is 3. The first-order chi connectivity index (χ1) is 10.2. The highest BCUT2D eigenvalue weighted by Gasteiger charge is 2.41. The summed E-state index contributed by atoms with van der Waals surface area (Å²) in [4.78, 5) is 0. The molecule has 0 unspecified atom stereocenters. The summed E-state index contributed by atoms with van der Waals surface area (Å²) >= 11 is 2.00. The molecule has 0 spiro atoms. The van der Waals surface area contributed by atoms with Gasteiger partial charge >= 0.3 is 0 Å². The maximum atomic E-state index is 4.70. The largest absolute Gasteiger partial charge is 0.311 e. The molecule has 1 fully saturated rings. The first kappa shape index (κ1) is 14.7. The molecule has 1 heterocycles. The highest BCUT2D eigenvalue weighted by atomic mass is 32.2. The second-order valence-corrected chi connectivity index (χ2v) is 7.16. The van der Waals surface area contributed by atoms with Crippen LogP contribution in [0.5, 0.6) is 0 Å². The van der Waals surface area contributed by atoms with E-state index < -0.39 is 0 Å². The number of benzene rings is 1. The molecule has 1 aliphatic carbocycles. The molecule has 0 radical (unpaired) electrons. The van der Waals surface area contributed by atoms with Gasteiger partial charge in [0.2, 0.25) is 0 Å². The third-order valence-electron chi connectivity index (χ3n) is 4.43. The van der Waals surface area contributed by atoms with Crippen molar-refractivity contribution in [3.63, 3.8) is 0 Å². The molecule has 1 aromatic heterocycles. The average Bonchev–Trinajstić information content (AvgIpc) is 3.24. The molecule has 112 valence electrons. The molecule has 2 aromatic rings. The lowest BCUT2D eigenvalue weighted by Crippen LogP contribution is -2.25. The lowest BCUT2D eigenvalue weighted by molar-refractivity contribution is 0.659. The van der Waals surface area contributed by atoms with Gasteiger partial charge in [0.1, 0.15) is 0 Å². The number of rotatable bonds is 6. The van der Waals surface area contributed by atoms with E-state index in [4.69, 9.17) is 5.10 Å². The van der Waals surface area contributed by atoms with E-state index in [-0.39, 0.29) is 0 Å². The van der Waals surface area contributed by atoms with Crippen LogP contribution in [0.4, 0.5) is 0 Å². The number of nitrogens with zero attached hydrogens (tertiary/aromatic N) is 2. The summed E-state index contributed by atoms with van der Waals surface area (Å²) in [5.41, 5.74) is 4.82. The zero-order valence-corrected chi connectivity index (χ0v) is 13.8. The van der Waals surface area contributed by atoms with Crippen LogP contribution in [0.2, 0.25) is 0 Å². The second kappa shape index (κ2) is 5.85. The van der Waals surface area contributed by atoms with Gasteiger partial charge in [-0.25, -0.2) is 4.68 Å². The number of aromatic nitrogens is 2. The van der Waals surface area contributed by atoms with Gasteiger partial charge in [0.25, 0.3) is 0 Å². The Bertz CT molecular complexity index is 614. The number of thioether (sulfide) groups is 1. The second-order valence-electron chi connectivity index (χ2n) is 5.89. The maximum absolute atomic E-state index is 4.70.